The minimum absolute atomic E-state index is 0.400. The van der Waals surface area contributed by atoms with E-state index in [4.69, 9.17) is 0 Å². The number of amides is 2. The summed E-state index contributed by atoms with van der Waals surface area (Å²) in [5.41, 5.74) is 10.0. The molecule has 0 saturated carbocycles. The van der Waals surface area contributed by atoms with Gasteiger partial charge in [-0.1, -0.05) is 54.6 Å². The second kappa shape index (κ2) is 9.75. The third kappa shape index (κ3) is 4.95. The Kier molecular flexibility index (Phi) is 6.19. The highest BCUT2D eigenvalue weighted by atomic mass is 16.2. The Morgan fingerprint density at radius 3 is 2.39 bits per heavy atom. The molecule has 0 radical (unpaired) electrons. The summed E-state index contributed by atoms with van der Waals surface area (Å²) in [7, 11) is 0. The molecule has 2 amide bonds. The molecule has 0 saturated heterocycles. The largest absolute Gasteiger partial charge is 0.271 e. The Morgan fingerprint density at radius 2 is 1.61 bits per heavy atom. The Morgan fingerprint density at radius 1 is 0.861 bits per heavy atom. The van der Waals surface area contributed by atoms with Crippen LogP contribution in [0.25, 0.3) is 22.3 Å². The van der Waals surface area contributed by atoms with Crippen molar-refractivity contribution in [2.45, 2.75) is 20.4 Å². The van der Waals surface area contributed by atoms with E-state index >= 15 is 0 Å². The number of aromatic nitrogens is 5. The number of tetrazole rings is 1. The summed E-state index contributed by atoms with van der Waals surface area (Å²) in [6.07, 6.45) is 0. The maximum atomic E-state index is 12.7. The van der Waals surface area contributed by atoms with Gasteiger partial charge in [-0.05, 0) is 54.5 Å². The van der Waals surface area contributed by atoms with E-state index in [0.717, 1.165) is 27.6 Å². The minimum Gasteiger partial charge on any atom is -0.267 e. The van der Waals surface area contributed by atoms with Gasteiger partial charge in [-0.3, -0.25) is 25.4 Å². The standard InChI is InChI=1S/C27H23N7O2/c1-17-8-11-22-15-23(18(2)28-24(22)14-17)27(36)31-30-26(35)21-12-9-19(10-13-21)16-34-32-25(29-33-34)20-6-4-3-5-7-20/h3-15H,16H2,1-2H3,(H,30,35)(H,31,36). The Hall–Kier alpha value is -4.92. The first-order chi connectivity index (χ1) is 17.5. The molecule has 0 aliphatic carbocycles. The molecule has 0 bridgehead atoms. The fraction of sp³-hybridized carbons (Fsp3) is 0.111. The van der Waals surface area contributed by atoms with Gasteiger partial charge < -0.3 is 0 Å². The van der Waals surface area contributed by atoms with Gasteiger partial charge >= 0.3 is 0 Å². The zero-order valence-electron chi connectivity index (χ0n) is 19.8. The van der Waals surface area contributed by atoms with Crippen LogP contribution in [0, 0.1) is 13.8 Å². The van der Waals surface area contributed by atoms with Crippen LogP contribution < -0.4 is 10.9 Å². The summed E-state index contributed by atoms with van der Waals surface area (Å²) in [4.78, 5) is 31.3. The molecule has 0 aliphatic rings. The molecule has 0 unspecified atom stereocenters. The maximum Gasteiger partial charge on any atom is 0.271 e. The van der Waals surface area contributed by atoms with Crippen molar-refractivity contribution in [3.05, 3.63) is 107 Å². The average Bonchev–Trinajstić information content (AvgIpc) is 3.36. The van der Waals surface area contributed by atoms with Crippen molar-refractivity contribution in [1.82, 2.24) is 36.0 Å². The number of aryl methyl sites for hydroxylation is 2. The summed E-state index contributed by atoms with van der Waals surface area (Å²) in [6.45, 7) is 4.17. The predicted octanol–water partition coefficient (Wildman–Crippen LogP) is 3.63. The molecule has 0 atom stereocenters. The van der Waals surface area contributed by atoms with E-state index in [-0.39, 0.29) is 0 Å². The van der Waals surface area contributed by atoms with Crippen molar-refractivity contribution in [1.29, 1.82) is 0 Å². The summed E-state index contributed by atoms with van der Waals surface area (Å²) >= 11 is 0. The van der Waals surface area contributed by atoms with Crippen LogP contribution in [0.3, 0.4) is 0 Å². The molecular formula is C27H23N7O2. The van der Waals surface area contributed by atoms with Gasteiger partial charge in [-0.15, -0.1) is 10.2 Å². The smallest absolute Gasteiger partial charge is 0.267 e. The first-order valence-corrected chi connectivity index (χ1v) is 11.4. The Labute approximate surface area is 207 Å². The van der Waals surface area contributed by atoms with Gasteiger partial charge in [0.15, 0.2) is 0 Å². The van der Waals surface area contributed by atoms with Crippen molar-refractivity contribution in [2.75, 3.05) is 0 Å². The molecule has 3 aromatic carbocycles. The van der Waals surface area contributed by atoms with Crippen LogP contribution in [0.15, 0.2) is 78.9 Å². The first kappa shape index (κ1) is 22.9. The molecular weight excluding hydrogens is 454 g/mol. The molecule has 5 rings (SSSR count). The molecule has 0 spiro atoms. The quantitative estimate of drug-likeness (QED) is 0.374. The number of nitrogens with one attached hydrogen (secondary N) is 2. The van der Waals surface area contributed by atoms with Crippen molar-refractivity contribution in [3.63, 3.8) is 0 Å². The number of nitrogens with zero attached hydrogens (tertiary/aromatic N) is 5. The van der Waals surface area contributed by atoms with Crippen LogP contribution in [-0.4, -0.2) is 37.0 Å². The molecule has 9 nitrogen and oxygen atoms in total. The monoisotopic (exact) mass is 477 g/mol. The Bertz CT molecular complexity index is 1560. The third-order valence-electron chi connectivity index (χ3n) is 5.72. The molecule has 2 heterocycles. The molecule has 5 aromatic rings. The van der Waals surface area contributed by atoms with E-state index in [1.54, 1.807) is 25.1 Å². The SMILES string of the molecule is Cc1ccc2cc(C(=O)NNC(=O)c3ccc(Cn4nnc(-c5ccccc5)n4)cc3)c(C)nc2c1. The van der Waals surface area contributed by atoms with Gasteiger partial charge in [0.05, 0.1) is 23.3 Å². The molecule has 178 valence electrons. The second-order valence-electron chi connectivity index (χ2n) is 8.43. The van der Waals surface area contributed by atoms with Crippen molar-refractivity contribution in [2.24, 2.45) is 0 Å². The average molecular weight is 478 g/mol. The van der Waals surface area contributed by atoms with Crippen LogP contribution in [-0.2, 0) is 6.54 Å². The number of carbonyl (C=O) groups is 2. The lowest BCUT2D eigenvalue weighted by Crippen LogP contribution is -2.42. The number of hydrogen-bond acceptors (Lipinski definition) is 6. The highest BCUT2D eigenvalue weighted by Gasteiger charge is 2.14. The molecule has 0 aliphatic heterocycles. The lowest BCUT2D eigenvalue weighted by atomic mass is 10.1. The molecule has 2 aromatic heterocycles. The van der Waals surface area contributed by atoms with E-state index in [9.17, 15) is 9.59 Å². The minimum atomic E-state index is -0.432. The van der Waals surface area contributed by atoms with E-state index < -0.39 is 11.8 Å². The number of hydrazine groups is 1. The van der Waals surface area contributed by atoms with E-state index in [0.29, 0.717) is 29.2 Å². The lowest BCUT2D eigenvalue weighted by Gasteiger charge is -2.10. The summed E-state index contributed by atoms with van der Waals surface area (Å²) in [5.74, 6) is -0.310. The zero-order valence-corrected chi connectivity index (χ0v) is 19.8. The fourth-order valence-electron chi connectivity index (χ4n) is 3.79. The van der Waals surface area contributed by atoms with Crippen LogP contribution in [0.5, 0.6) is 0 Å². The van der Waals surface area contributed by atoms with Gasteiger partial charge in [-0.25, -0.2) is 0 Å². The fourth-order valence-corrected chi connectivity index (χ4v) is 3.79. The maximum absolute atomic E-state index is 12.7. The van der Waals surface area contributed by atoms with Crippen LogP contribution in [0.4, 0.5) is 0 Å². The zero-order chi connectivity index (χ0) is 25.1. The first-order valence-electron chi connectivity index (χ1n) is 11.4. The number of carbonyl (C=O) groups excluding carboxylic acids is 2. The van der Waals surface area contributed by atoms with Crippen LogP contribution in [0.2, 0.25) is 0 Å². The van der Waals surface area contributed by atoms with E-state index in [1.165, 1.54) is 4.80 Å². The molecule has 36 heavy (non-hydrogen) atoms. The van der Waals surface area contributed by atoms with Gasteiger partial charge in [0.1, 0.15) is 0 Å². The summed E-state index contributed by atoms with van der Waals surface area (Å²) < 4.78 is 0. The lowest BCUT2D eigenvalue weighted by molar-refractivity contribution is 0.0846. The normalized spacial score (nSPS) is 10.8. The molecule has 0 fully saturated rings. The number of hydrogen-bond donors (Lipinski definition) is 2. The number of fused-ring (bicyclic) bond motifs is 1. The highest BCUT2D eigenvalue weighted by Crippen LogP contribution is 2.18. The predicted molar refractivity (Wildman–Crippen MR) is 135 cm³/mol. The van der Waals surface area contributed by atoms with E-state index in [2.05, 4.69) is 31.2 Å². The topological polar surface area (TPSA) is 115 Å². The molecule has 9 heteroatoms. The number of pyridine rings is 1. The molecule has 2 N–H and O–H groups in total. The Balaban J connectivity index is 1.20. The third-order valence-corrected chi connectivity index (χ3v) is 5.72. The second-order valence-corrected chi connectivity index (χ2v) is 8.43. The summed E-state index contributed by atoms with van der Waals surface area (Å²) in [6, 6.07) is 24.2. The van der Waals surface area contributed by atoms with Gasteiger partial charge in [-0.2, -0.15) is 4.80 Å². The van der Waals surface area contributed by atoms with E-state index in [1.807, 2.05) is 67.6 Å². The van der Waals surface area contributed by atoms with Crippen molar-refractivity contribution >= 4 is 22.7 Å². The number of benzene rings is 3. The highest BCUT2D eigenvalue weighted by molar-refractivity contribution is 6.01. The van der Waals surface area contributed by atoms with Crippen molar-refractivity contribution in [3.8, 4) is 11.4 Å². The van der Waals surface area contributed by atoms with Crippen molar-refractivity contribution < 1.29 is 9.59 Å². The van der Waals surface area contributed by atoms with Gasteiger partial charge in [0.25, 0.3) is 11.8 Å². The van der Waals surface area contributed by atoms with Crippen LogP contribution >= 0.6 is 0 Å². The van der Waals surface area contributed by atoms with Crippen LogP contribution in [0.1, 0.15) is 37.5 Å². The van der Waals surface area contributed by atoms with Gasteiger partial charge in [0, 0.05) is 16.5 Å². The summed E-state index contributed by atoms with van der Waals surface area (Å²) in [5, 5.41) is 13.5. The van der Waals surface area contributed by atoms with Gasteiger partial charge in [0.2, 0.25) is 5.82 Å². The number of rotatable bonds is 5.